The highest BCUT2D eigenvalue weighted by atomic mass is 32.3. The number of carbonyl (C=O) groups is 2. The van der Waals surface area contributed by atoms with Crippen molar-refractivity contribution in [3.05, 3.63) is 23.8 Å². The number of allylic oxidation sites excluding steroid dienone is 3. The molecule has 0 bridgehead atoms. The van der Waals surface area contributed by atoms with E-state index in [-0.39, 0.29) is 23.2 Å². The quantitative estimate of drug-likeness (QED) is 0.0364. The molecule has 3 saturated carbocycles. The zero-order valence-electron chi connectivity index (χ0n) is 50.3. The lowest BCUT2D eigenvalue weighted by molar-refractivity contribution is -0.391. The summed E-state index contributed by atoms with van der Waals surface area (Å²) in [7, 11) is -9.37. The van der Waals surface area contributed by atoms with Crippen molar-refractivity contribution in [3.63, 3.8) is 0 Å². The summed E-state index contributed by atoms with van der Waals surface area (Å²) in [6, 6.07) is 0. The van der Waals surface area contributed by atoms with Gasteiger partial charge in [-0.05, 0) is 94.3 Å². The molecule has 30 nitrogen and oxygen atoms in total. The van der Waals surface area contributed by atoms with Crippen molar-refractivity contribution >= 4 is 32.7 Å². The predicted molar refractivity (Wildman–Crippen MR) is 294 cm³/mol. The highest BCUT2D eigenvalue weighted by Gasteiger charge is 2.79. The van der Waals surface area contributed by atoms with Gasteiger partial charge in [0.05, 0.1) is 43.9 Å². The van der Waals surface area contributed by atoms with Crippen LogP contribution >= 0.6 is 0 Å². The van der Waals surface area contributed by atoms with Crippen LogP contribution in [0.4, 0.5) is 0 Å². The van der Waals surface area contributed by atoms with Crippen molar-refractivity contribution in [3.8, 4) is 0 Å². The van der Waals surface area contributed by atoms with Gasteiger partial charge in [0.25, 0.3) is 0 Å². The Balaban J connectivity index is 0.938. The largest absolute Gasteiger partial charge is 0.462 e. The lowest BCUT2D eigenvalue weighted by atomic mass is 9.41. The summed E-state index contributed by atoms with van der Waals surface area (Å²) in [5.74, 6) is -1.22. The van der Waals surface area contributed by atoms with Gasteiger partial charge in [0, 0.05) is 19.4 Å². The Morgan fingerprint density at radius 2 is 1.31 bits per heavy atom. The Morgan fingerprint density at radius 3 is 1.92 bits per heavy atom. The van der Waals surface area contributed by atoms with Crippen LogP contribution in [0.1, 0.15) is 106 Å². The first-order chi connectivity index (χ1) is 41.0. The van der Waals surface area contributed by atoms with Crippen molar-refractivity contribution in [2.45, 2.75) is 241 Å². The maximum Gasteiger partial charge on any atom is 0.397 e. The normalized spacial score (nSPS) is 47.6. The third kappa shape index (κ3) is 12.8. The fourth-order valence-electron chi connectivity index (χ4n) is 16.8. The van der Waals surface area contributed by atoms with Gasteiger partial charge in [0.2, 0.25) is 0 Å². The molecule has 88 heavy (non-hydrogen) atoms. The van der Waals surface area contributed by atoms with Crippen LogP contribution in [-0.2, 0) is 90.9 Å². The summed E-state index contributed by atoms with van der Waals surface area (Å²) < 4.78 is 141. The molecule has 5 saturated heterocycles. The molecule has 0 aromatic carbocycles. The molecular formula is C56H88O30S2. The first kappa shape index (κ1) is 69.8. The highest BCUT2D eigenvalue weighted by molar-refractivity contribution is 7.81. The molecule has 5 aliphatic heterocycles. The second-order valence-corrected chi connectivity index (χ2v) is 28.7. The summed E-state index contributed by atoms with van der Waals surface area (Å²) in [5, 5.41) is 101. The number of hydrogen-bond donors (Lipinski definition) is 11. The number of hydrogen-bond acceptors (Lipinski definition) is 28. The highest BCUT2D eigenvalue weighted by Crippen LogP contribution is 2.77. The monoisotopic (exact) mass is 1300 g/mol. The second kappa shape index (κ2) is 26.0. The van der Waals surface area contributed by atoms with E-state index in [0.29, 0.717) is 44.9 Å². The van der Waals surface area contributed by atoms with Gasteiger partial charge >= 0.3 is 32.7 Å². The van der Waals surface area contributed by atoms with E-state index < -0.39 is 210 Å². The van der Waals surface area contributed by atoms with Crippen LogP contribution < -0.4 is 0 Å². The second-order valence-electron chi connectivity index (χ2n) is 26.6. The number of aliphatic hydroxyl groups excluding tert-OH is 9. The van der Waals surface area contributed by atoms with Crippen molar-refractivity contribution in [1.29, 1.82) is 0 Å². The van der Waals surface area contributed by atoms with Crippen molar-refractivity contribution in [1.82, 2.24) is 0 Å². The maximum atomic E-state index is 14.7. The minimum atomic E-state index is -5.26. The van der Waals surface area contributed by atoms with Gasteiger partial charge < -0.3 is 98.1 Å². The van der Waals surface area contributed by atoms with Gasteiger partial charge in [-0.1, -0.05) is 44.9 Å². The van der Waals surface area contributed by atoms with E-state index in [0.717, 1.165) is 31.1 Å². The summed E-state index contributed by atoms with van der Waals surface area (Å²) in [5.41, 5.74) is -1.53. The molecular weight excluding hydrogens is 1220 g/mol. The number of fused-ring (bicyclic) bond motifs is 4. The number of cyclic esters (lactones) is 1. The van der Waals surface area contributed by atoms with E-state index in [9.17, 15) is 81.5 Å². The molecule has 28 atom stereocenters. The Labute approximate surface area is 510 Å². The topological polar surface area (TPSA) is 445 Å². The lowest BCUT2D eigenvalue weighted by Crippen LogP contribution is -2.67. The van der Waals surface area contributed by atoms with Crippen LogP contribution in [0.3, 0.4) is 0 Å². The molecule has 4 aliphatic carbocycles. The Kier molecular flexibility index (Phi) is 20.6. The van der Waals surface area contributed by atoms with Gasteiger partial charge in [-0.25, -0.2) is 8.37 Å². The SMILES string of the molecule is C=C(C)CCC[C@]1(C)OC(=O)[C@]23CC[C@@H]4C(=CC[C@H]5C(C)(C)[C@@H](O[C@@H]6OC[C@@H](OS(=O)(=O)O)[C@H](O)[C@H]6O[C@@H]6O[C@H](CO)[C@@H](O[C@@H]7O[C@H](COS(=O)(=O)O)[C@@H](O)[C@H](O[C@@H]8O[C@H](CO)[C@@H](O)[C@H](OC)[C@H]8O)[C@H]7O)[C@H](O)[C@H]6O)CC[C@]45C)[C@]2(C)C[C@H](OC(C)=O)[C@@H]31. The number of aliphatic hydroxyl groups is 9. The molecule has 11 N–H and O–H groups in total. The van der Waals surface area contributed by atoms with Gasteiger partial charge in [-0.15, -0.1) is 6.58 Å². The van der Waals surface area contributed by atoms with Crippen molar-refractivity contribution in [2.75, 3.05) is 33.5 Å². The predicted octanol–water partition coefficient (Wildman–Crippen LogP) is -1.22. The number of carbonyl (C=O) groups excluding carboxylic acids is 2. The lowest BCUT2D eigenvalue weighted by Gasteiger charge is -2.64. The van der Waals surface area contributed by atoms with Crippen molar-refractivity contribution in [2.24, 2.45) is 39.4 Å². The fraction of sp³-hybridized carbons (Fsp3) is 0.893. The minimum absolute atomic E-state index is 0.0201. The first-order valence-electron chi connectivity index (χ1n) is 29.7. The van der Waals surface area contributed by atoms with E-state index in [2.05, 4.69) is 30.7 Å². The van der Waals surface area contributed by atoms with Crippen LogP contribution in [0, 0.1) is 39.4 Å². The molecule has 0 unspecified atom stereocenters. The molecule has 8 fully saturated rings. The Hall–Kier alpha value is -2.56. The standard InChI is InChI=1S/C56H88O30S2/c1-24(2)11-10-16-55(8)46-28(77-25(3)59)19-54(7)27-12-13-33-52(4,5)34(15-17-53(33,6)26(27)14-18-56(46,54)51(67)85-55)81-50-45(37(62)32(22-75-50)86-88(71,72)73)84-47-39(64)38(63)42(30(21-58)79-47)82-49-41(66)44(36(61)31(80-49)23-76-87(68,69)70)83-48-40(65)43(74-9)35(60)29(20-57)78-48/h12,26,28-50,57-58,60-66H,1,10-11,13-23H2,2-9H3,(H,68,69,70)(H,71,72,73)/t26-,28+,29-,30-,31-,32-,33+,34+,35-,36-,37+,38-,39-,40-,41-,42-,43+,44+,45-,46-,47+,48+,49+,50+,53-,54+,55+,56-/m1/s1. The van der Waals surface area contributed by atoms with Crippen molar-refractivity contribution < 1.29 is 142 Å². The van der Waals surface area contributed by atoms with E-state index in [1.807, 2.05) is 27.7 Å². The molecule has 9 aliphatic rings. The minimum Gasteiger partial charge on any atom is -0.462 e. The average Bonchev–Trinajstić information content (AvgIpc) is 1.46. The number of esters is 2. The molecule has 0 aromatic heterocycles. The van der Waals surface area contributed by atoms with E-state index in [1.165, 1.54) is 6.92 Å². The van der Waals surface area contributed by atoms with E-state index in [1.54, 1.807) is 0 Å². The van der Waals surface area contributed by atoms with Crippen LogP contribution in [-0.4, -0.2) is 252 Å². The number of ether oxygens (including phenoxy) is 11. The van der Waals surface area contributed by atoms with Crippen LogP contribution in [0.5, 0.6) is 0 Å². The van der Waals surface area contributed by atoms with Gasteiger partial charge in [-0.3, -0.25) is 18.7 Å². The van der Waals surface area contributed by atoms with E-state index in [4.69, 9.17) is 56.3 Å². The molecule has 5 heterocycles. The Morgan fingerprint density at radius 1 is 0.705 bits per heavy atom. The zero-order chi connectivity index (χ0) is 64.8. The molecule has 0 amide bonds. The maximum absolute atomic E-state index is 14.7. The van der Waals surface area contributed by atoms with Crippen LogP contribution in [0.25, 0.3) is 0 Å². The zero-order valence-corrected chi connectivity index (χ0v) is 52.0. The summed E-state index contributed by atoms with van der Waals surface area (Å²) in [6.07, 6.45) is -30.3. The molecule has 504 valence electrons. The van der Waals surface area contributed by atoms with Crippen LogP contribution in [0.2, 0.25) is 0 Å². The Bertz CT molecular complexity index is 2790. The smallest absolute Gasteiger partial charge is 0.397 e. The molecule has 0 radical (unpaired) electrons. The first-order valence-corrected chi connectivity index (χ1v) is 32.5. The summed E-state index contributed by atoms with van der Waals surface area (Å²) >= 11 is 0. The summed E-state index contributed by atoms with van der Waals surface area (Å²) in [6.45, 7) is 14.0. The van der Waals surface area contributed by atoms with Gasteiger partial charge in [0.15, 0.2) is 25.2 Å². The number of rotatable bonds is 21. The molecule has 9 rings (SSSR count). The third-order valence-electron chi connectivity index (χ3n) is 20.9. The summed E-state index contributed by atoms with van der Waals surface area (Å²) in [4.78, 5) is 27.5. The van der Waals surface area contributed by atoms with E-state index >= 15 is 0 Å². The van der Waals surface area contributed by atoms with Crippen LogP contribution in [0.15, 0.2) is 23.8 Å². The van der Waals surface area contributed by atoms with Gasteiger partial charge in [0.1, 0.15) is 103 Å². The molecule has 32 heteroatoms. The molecule has 0 aromatic rings. The third-order valence-corrected chi connectivity index (χ3v) is 21.8. The fourth-order valence-corrected chi connectivity index (χ4v) is 17.6. The number of methoxy groups -OCH3 is 1. The van der Waals surface area contributed by atoms with Gasteiger partial charge in [-0.2, -0.15) is 16.8 Å². The molecule has 1 spiro atoms. The average molecular weight is 1310 g/mol.